The van der Waals surface area contributed by atoms with Crippen LogP contribution in [0.15, 0.2) is 53.6 Å². The molecule has 32 heavy (non-hydrogen) atoms. The molecule has 1 aliphatic heterocycles. The van der Waals surface area contributed by atoms with Gasteiger partial charge in [0.1, 0.15) is 0 Å². The summed E-state index contributed by atoms with van der Waals surface area (Å²) in [6, 6.07) is 11.2. The zero-order valence-electron chi connectivity index (χ0n) is 18.5. The number of piperidine rings is 1. The van der Waals surface area contributed by atoms with Gasteiger partial charge in [0.15, 0.2) is 0 Å². The first-order valence-electron chi connectivity index (χ1n) is 10.7. The van der Waals surface area contributed by atoms with Gasteiger partial charge in [-0.3, -0.25) is 14.4 Å². The van der Waals surface area contributed by atoms with Crippen molar-refractivity contribution < 1.29 is 14.7 Å². The highest BCUT2D eigenvalue weighted by Crippen LogP contribution is 2.27. The van der Waals surface area contributed by atoms with E-state index < -0.39 is 12.0 Å². The molecular weight excluding hydrogens is 408 g/mol. The number of hydrogen-bond acceptors (Lipinski definition) is 4. The van der Waals surface area contributed by atoms with E-state index >= 15 is 0 Å². The summed E-state index contributed by atoms with van der Waals surface area (Å²) in [4.78, 5) is 38.8. The van der Waals surface area contributed by atoms with Crippen molar-refractivity contribution in [1.29, 1.82) is 0 Å². The highest BCUT2D eigenvalue weighted by atomic mass is 16.4. The first kappa shape index (κ1) is 23.3. The van der Waals surface area contributed by atoms with Crippen LogP contribution in [0, 0.1) is 0 Å². The van der Waals surface area contributed by atoms with Gasteiger partial charge in [0.2, 0.25) is 5.91 Å². The van der Waals surface area contributed by atoms with Gasteiger partial charge in [0.05, 0.1) is 6.04 Å². The van der Waals surface area contributed by atoms with Gasteiger partial charge in [-0.05, 0) is 48.4 Å². The van der Waals surface area contributed by atoms with Crippen LogP contribution in [0.2, 0.25) is 0 Å². The number of carboxylic acid groups (broad SMARTS) is 1. The summed E-state index contributed by atoms with van der Waals surface area (Å²) in [5.41, 5.74) is 9.48. The molecule has 2 aromatic heterocycles. The smallest absolute Gasteiger partial charge is 0.300 e. The lowest BCUT2D eigenvalue weighted by atomic mass is 9.89. The number of nitrogens with two attached hydrogens (primary N) is 1. The number of carboxylic acids is 1. The highest BCUT2D eigenvalue weighted by molar-refractivity contribution is 5.86. The first-order chi connectivity index (χ1) is 15.3. The number of para-hydroxylation sites is 1. The molecule has 170 valence electrons. The minimum atomic E-state index is -0.833. The summed E-state index contributed by atoms with van der Waals surface area (Å²) < 4.78 is 1.58. The molecule has 1 aromatic carbocycles. The van der Waals surface area contributed by atoms with Crippen molar-refractivity contribution in [2.45, 2.75) is 38.1 Å². The Morgan fingerprint density at radius 2 is 1.88 bits per heavy atom. The number of amides is 1. The number of rotatable bonds is 4. The number of nitrogens with zero attached hydrogens (tertiary/aromatic N) is 2. The van der Waals surface area contributed by atoms with Gasteiger partial charge in [0, 0.05) is 56.4 Å². The Hall–Kier alpha value is -3.39. The van der Waals surface area contributed by atoms with Crippen LogP contribution in [0.5, 0.6) is 0 Å². The van der Waals surface area contributed by atoms with E-state index in [1.807, 2.05) is 47.6 Å². The van der Waals surface area contributed by atoms with Crippen LogP contribution in [-0.2, 0) is 23.1 Å². The lowest BCUT2D eigenvalue weighted by Gasteiger charge is -2.33. The molecule has 1 aliphatic rings. The zero-order valence-corrected chi connectivity index (χ0v) is 18.5. The van der Waals surface area contributed by atoms with Gasteiger partial charge in [-0.25, -0.2) is 0 Å². The molecule has 0 spiro atoms. The van der Waals surface area contributed by atoms with E-state index in [2.05, 4.69) is 4.98 Å². The number of aromatic amines is 1. The van der Waals surface area contributed by atoms with Gasteiger partial charge < -0.3 is 25.3 Å². The summed E-state index contributed by atoms with van der Waals surface area (Å²) in [6.45, 7) is 2.45. The molecule has 1 amide bonds. The fraction of sp³-hybridized carbons (Fsp3) is 0.375. The summed E-state index contributed by atoms with van der Waals surface area (Å²) in [5, 5.41) is 8.54. The van der Waals surface area contributed by atoms with Crippen LogP contribution in [0.25, 0.3) is 10.9 Å². The molecule has 8 heteroatoms. The van der Waals surface area contributed by atoms with E-state index in [1.54, 1.807) is 17.7 Å². The molecule has 0 aliphatic carbocycles. The summed E-state index contributed by atoms with van der Waals surface area (Å²) in [7, 11) is 1.75. The maximum Gasteiger partial charge on any atom is 0.300 e. The molecule has 1 saturated heterocycles. The number of carbonyl (C=O) groups is 2. The lowest BCUT2D eigenvalue weighted by molar-refractivity contribution is -0.135. The highest BCUT2D eigenvalue weighted by Gasteiger charge is 2.27. The Morgan fingerprint density at radius 3 is 2.53 bits per heavy atom. The lowest BCUT2D eigenvalue weighted by Crippen LogP contribution is -2.47. The number of benzene rings is 1. The number of aliphatic carboxylic acids is 1. The molecule has 3 aromatic rings. The number of pyridine rings is 1. The van der Waals surface area contributed by atoms with Crippen molar-refractivity contribution in [2.24, 2.45) is 12.8 Å². The van der Waals surface area contributed by atoms with Gasteiger partial charge in [-0.15, -0.1) is 0 Å². The number of H-pyrrole nitrogens is 1. The van der Waals surface area contributed by atoms with Gasteiger partial charge in [-0.2, -0.15) is 0 Å². The third-order valence-electron chi connectivity index (χ3n) is 5.84. The quantitative estimate of drug-likeness (QED) is 0.577. The standard InChI is InChI=1S/C22H26N4O2.C2H4O2/c1-25-9-6-16(13-21(25)27)15-7-10-26(11-8-15)22(28)19(23)12-17-14-24-20-5-3-2-4-18(17)20;1-2(3)4/h2-6,9,13-15,19,24H,7-8,10-12,23H2,1H3;1H3,(H,3,4)/t19-;/m1./s1. The van der Waals surface area contributed by atoms with E-state index in [0.717, 1.165) is 41.8 Å². The summed E-state index contributed by atoms with van der Waals surface area (Å²) in [5.74, 6) is -0.504. The molecule has 3 heterocycles. The van der Waals surface area contributed by atoms with Crippen molar-refractivity contribution in [3.8, 4) is 0 Å². The van der Waals surface area contributed by atoms with Crippen LogP contribution in [0.4, 0.5) is 0 Å². The molecule has 0 radical (unpaired) electrons. The van der Waals surface area contributed by atoms with Crippen molar-refractivity contribution in [2.75, 3.05) is 13.1 Å². The van der Waals surface area contributed by atoms with E-state index in [4.69, 9.17) is 15.6 Å². The minimum Gasteiger partial charge on any atom is -0.481 e. The average molecular weight is 439 g/mol. The van der Waals surface area contributed by atoms with E-state index in [0.29, 0.717) is 25.4 Å². The second-order valence-corrected chi connectivity index (χ2v) is 8.20. The molecule has 4 rings (SSSR count). The predicted molar refractivity (Wildman–Crippen MR) is 124 cm³/mol. The molecular formula is C24H30N4O4. The number of aromatic nitrogens is 2. The Morgan fingerprint density at radius 1 is 1.22 bits per heavy atom. The van der Waals surface area contributed by atoms with Crippen LogP contribution in [0.3, 0.4) is 0 Å². The number of likely N-dealkylation sites (tertiary alicyclic amines) is 1. The first-order valence-corrected chi connectivity index (χ1v) is 10.7. The van der Waals surface area contributed by atoms with Gasteiger partial charge >= 0.3 is 0 Å². The zero-order chi connectivity index (χ0) is 23.3. The van der Waals surface area contributed by atoms with Crippen molar-refractivity contribution in [1.82, 2.24) is 14.5 Å². The van der Waals surface area contributed by atoms with Gasteiger partial charge in [0.25, 0.3) is 11.5 Å². The van der Waals surface area contributed by atoms with Crippen LogP contribution in [-0.4, -0.2) is 50.6 Å². The summed E-state index contributed by atoms with van der Waals surface area (Å²) in [6.07, 6.45) is 6.00. The number of carbonyl (C=O) groups excluding carboxylic acids is 1. The largest absolute Gasteiger partial charge is 0.481 e. The second kappa shape index (κ2) is 10.3. The summed E-state index contributed by atoms with van der Waals surface area (Å²) >= 11 is 0. The molecule has 1 fully saturated rings. The van der Waals surface area contributed by atoms with E-state index in [1.165, 1.54) is 0 Å². The van der Waals surface area contributed by atoms with Crippen molar-refractivity contribution >= 4 is 22.8 Å². The maximum absolute atomic E-state index is 12.8. The number of nitrogens with one attached hydrogen (secondary N) is 1. The van der Waals surface area contributed by atoms with E-state index in [9.17, 15) is 9.59 Å². The minimum absolute atomic E-state index is 0.00714. The fourth-order valence-corrected chi connectivity index (χ4v) is 4.11. The van der Waals surface area contributed by atoms with Crippen LogP contribution < -0.4 is 11.3 Å². The molecule has 4 N–H and O–H groups in total. The predicted octanol–water partition coefficient (Wildman–Crippen LogP) is 2.23. The Balaban J connectivity index is 0.000000668. The molecule has 1 atom stereocenters. The molecule has 0 unspecified atom stereocenters. The molecule has 0 bridgehead atoms. The number of fused-ring (bicyclic) bond motifs is 1. The van der Waals surface area contributed by atoms with Crippen LogP contribution in [0.1, 0.15) is 36.8 Å². The van der Waals surface area contributed by atoms with Crippen molar-refractivity contribution in [3.05, 3.63) is 70.3 Å². The Labute approximate surface area is 186 Å². The SMILES string of the molecule is CC(=O)O.Cn1ccc(C2CCN(C(=O)[C@H](N)Cc3c[nH]c4ccccc34)CC2)cc1=O. The Bertz CT molecular complexity index is 1140. The average Bonchev–Trinajstić information content (AvgIpc) is 3.18. The van der Waals surface area contributed by atoms with Crippen molar-refractivity contribution in [3.63, 3.8) is 0 Å². The topological polar surface area (TPSA) is 121 Å². The third-order valence-corrected chi connectivity index (χ3v) is 5.84. The monoisotopic (exact) mass is 438 g/mol. The Kier molecular flexibility index (Phi) is 7.48. The number of hydrogen-bond donors (Lipinski definition) is 3. The molecule has 0 saturated carbocycles. The van der Waals surface area contributed by atoms with Crippen LogP contribution >= 0.6 is 0 Å². The molecule has 8 nitrogen and oxygen atoms in total. The second-order valence-electron chi connectivity index (χ2n) is 8.20. The number of aryl methyl sites for hydroxylation is 1. The maximum atomic E-state index is 12.8. The normalized spacial score (nSPS) is 15.2. The van der Waals surface area contributed by atoms with Gasteiger partial charge in [-0.1, -0.05) is 18.2 Å². The third kappa shape index (κ3) is 5.64. The van der Waals surface area contributed by atoms with E-state index in [-0.39, 0.29) is 11.5 Å². The fourth-order valence-electron chi connectivity index (χ4n) is 4.11.